The number of benzene rings is 1. The van der Waals surface area contributed by atoms with Gasteiger partial charge in [0.1, 0.15) is 0 Å². The van der Waals surface area contributed by atoms with Gasteiger partial charge in [0, 0.05) is 24.8 Å². The molecule has 1 aliphatic rings. The number of nitrogens with zero attached hydrogens (tertiary/aromatic N) is 3. The van der Waals surface area contributed by atoms with Crippen molar-refractivity contribution < 1.29 is 5.21 Å². The van der Waals surface area contributed by atoms with Crippen molar-refractivity contribution in [2.45, 2.75) is 19.4 Å². The van der Waals surface area contributed by atoms with E-state index >= 15 is 0 Å². The van der Waals surface area contributed by atoms with E-state index in [1.54, 1.807) is 18.5 Å². The first-order valence-electron chi connectivity index (χ1n) is 7.03. The smallest absolute Gasteiger partial charge is 0.172 e. The van der Waals surface area contributed by atoms with Crippen LogP contribution in [0.5, 0.6) is 0 Å². The molecule has 3 N–H and O–H groups in total. The number of amidine groups is 1. The fourth-order valence-electron chi connectivity index (χ4n) is 2.81. The molecule has 2 heterocycles. The zero-order chi connectivity index (χ0) is 14.7. The van der Waals surface area contributed by atoms with Crippen LogP contribution in [-0.4, -0.2) is 22.6 Å². The third kappa shape index (κ3) is 2.67. The van der Waals surface area contributed by atoms with Crippen LogP contribution in [0.1, 0.15) is 23.1 Å². The molecule has 0 radical (unpaired) electrons. The predicted molar refractivity (Wildman–Crippen MR) is 82.6 cm³/mol. The maximum atomic E-state index is 8.95. The highest BCUT2D eigenvalue weighted by molar-refractivity contribution is 6.02. The van der Waals surface area contributed by atoms with Crippen LogP contribution in [0.25, 0.3) is 0 Å². The molecular weight excluding hydrogens is 264 g/mol. The lowest BCUT2D eigenvalue weighted by atomic mass is 10.0. The highest BCUT2D eigenvalue weighted by atomic mass is 16.4. The molecular formula is C16H18N4O. The lowest BCUT2D eigenvalue weighted by Gasteiger charge is -2.25. The second kappa shape index (κ2) is 5.83. The first-order valence-corrected chi connectivity index (χ1v) is 7.03. The van der Waals surface area contributed by atoms with Gasteiger partial charge < -0.3 is 15.8 Å². The van der Waals surface area contributed by atoms with Crippen LogP contribution in [0.2, 0.25) is 0 Å². The van der Waals surface area contributed by atoms with Crippen molar-refractivity contribution in [2.75, 3.05) is 11.4 Å². The number of hydrogen-bond acceptors (Lipinski definition) is 4. The summed E-state index contributed by atoms with van der Waals surface area (Å²) in [6.07, 6.45) is 5.58. The number of nitrogens with two attached hydrogens (primary N) is 1. The van der Waals surface area contributed by atoms with E-state index in [1.165, 1.54) is 11.1 Å². The molecule has 0 bridgehead atoms. The summed E-state index contributed by atoms with van der Waals surface area (Å²) in [7, 11) is 0. The van der Waals surface area contributed by atoms with Gasteiger partial charge in [0.25, 0.3) is 0 Å². The van der Waals surface area contributed by atoms with Crippen LogP contribution in [0.3, 0.4) is 0 Å². The molecule has 1 aliphatic heterocycles. The van der Waals surface area contributed by atoms with E-state index in [1.807, 2.05) is 0 Å². The topological polar surface area (TPSA) is 74.7 Å². The number of hydrogen-bond donors (Lipinski definition) is 2. The summed E-state index contributed by atoms with van der Waals surface area (Å²) < 4.78 is 0. The van der Waals surface area contributed by atoms with Gasteiger partial charge in [0.15, 0.2) is 5.84 Å². The largest absolute Gasteiger partial charge is 0.409 e. The molecule has 2 aromatic rings. The van der Waals surface area contributed by atoms with Crippen LogP contribution in [-0.2, 0) is 13.0 Å². The maximum absolute atomic E-state index is 8.95. The van der Waals surface area contributed by atoms with Gasteiger partial charge in [-0.1, -0.05) is 29.4 Å². The van der Waals surface area contributed by atoms with Gasteiger partial charge in [-0.15, -0.1) is 0 Å². The molecule has 5 heteroatoms. The fourth-order valence-corrected chi connectivity index (χ4v) is 2.81. The average molecular weight is 282 g/mol. The van der Waals surface area contributed by atoms with Crippen LogP contribution in [0.15, 0.2) is 47.9 Å². The van der Waals surface area contributed by atoms with Crippen molar-refractivity contribution in [1.29, 1.82) is 0 Å². The van der Waals surface area contributed by atoms with E-state index in [2.05, 4.69) is 39.3 Å². The Bertz CT molecular complexity index is 669. The Labute approximate surface area is 123 Å². The Balaban J connectivity index is 1.98. The van der Waals surface area contributed by atoms with Gasteiger partial charge in [0.05, 0.1) is 11.9 Å². The number of aryl methyl sites for hydroxylation is 1. The van der Waals surface area contributed by atoms with Crippen LogP contribution < -0.4 is 10.6 Å². The third-order valence-corrected chi connectivity index (χ3v) is 3.88. The van der Waals surface area contributed by atoms with Gasteiger partial charge in [-0.2, -0.15) is 0 Å². The standard InChI is InChI=1S/C16H18N4O/c17-16(19-21)14-7-8-18-10-15(14)20-9-3-6-12-4-1-2-5-13(12)11-20/h1-2,4-5,7-8,10,21H,3,6,9,11H2,(H2,17,19). The van der Waals surface area contributed by atoms with Crippen molar-refractivity contribution in [3.05, 3.63) is 59.4 Å². The normalized spacial score (nSPS) is 15.4. The minimum Gasteiger partial charge on any atom is -0.409 e. The average Bonchev–Trinajstić information content (AvgIpc) is 2.76. The molecule has 1 aromatic heterocycles. The molecule has 108 valence electrons. The number of aromatic nitrogens is 1. The van der Waals surface area contributed by atoms with E-state index in [9.17, 15) is 0 Å². The Hall–Kier alpha value is -2.56. The molecule has 3 rings (SSSR count). The highest BCUT2D eigenvalue weighted by Crippen LogP contribution is 2.26. The second-order valence-corrected chi connectivity index (χ2v) is 5.17. The Morgan fingerprint density at radius 2 is 2.05 bits per heavy atom. The summed E-state index contributed by atoms with van der Waals surface area (Å²) in [4.78, 5) is 6.43. The van der Waals surface area contributed by atoms with Gasteiger partial charge in [-0.3, -0.25) is 4.98 Å². The number of pyridine rings is 1. The van der Waals surface area contributed by atoms with Crippen LogP contribution in [0.4, 0.5) is 5.69 Å². The summed E-state index contributed by atoms with van der Waals surface area (Å²) in [5, 5.41) is 12.1. The number of rotatable bonds is 2. The lowest BCUT2D eigenvalue weighted by molar-refractivity contribution is 0.318. The van der Waals surface area contributed by atoms with Crippen molar-refractivity contribution in [1.82, 2.24) is 4.98 Å². The van der Waals surface area contributed by atoms with E-state index in [0.29, 0.717) is 5.56 Å². The molecule has 0 amide bonds. The quantitative estimate of drug-likeness (QED) is 0.383. The molecule has 0 atom stereocenters. The van der Waals surface area contributed by atoms with Crippen molar-refractivity contribution in [3.8, 4) is 0 Å². The SMILES string of the molecule is N/C(=N/O)c1ccncc1N1CCCc2ccccc2C1. The third-order valence-electron chi connectivity index (χ3n) is 3.88. The summed E-state index contributed by atoms with van der Waals surface area (Å²) in [6.45, 7) is 1.74. The first-order chi connectivity index (χ1) is 10.3. The van der Waals surface area contributed by atoms with E-state index < -0.39 is 0 Å². The van der Waals surface area contributed by atoms with Gasteiger partial charge >= 0.3 is 0 Å². The Kier molecular flexibility index (Phi) is 3.73. The van der Waals surface area contributed by atoms with E-state index in [-0.39, 0.29) is 5.84 Å². The number of oxime groups is 1. The molecule has 0 spiro atoms. The molecule has 0 unspecified atom stereocenters. The Morgan fingerprint density at radius 1 is 1.24 bits per heavy atom. The molecule has 21 heavy (non-hydrogen) atoms. The van der Waals surface area contributed by atoms with Crippen molar-refractivity contribution in [2.24, 2.45) is 10.9 Å². The second-order valence-electron chi connectivity index (χ2n) is 5.17. The van der Waals surface area contributed by atoms with Crippen molar-refractivity contribution >= 4 is 11.5 Å². The first kappa shape index (κ1) is 13.4. The summed E-state index contributed by atoms with van der Waals surface area (Å²) in [6, 6.07) is 10.3. The van der Waals surface area contributed by atoms with Gasteiger partial charge in [-0.25, -0.2) is 0 Å². The zero-order valence-electron chi connectivity index (χ0n) is 11.7. The summed E-state index contributed by atoms with van der Waals surface area (Å²) in [5.74, 6) is 0.116. The van der Waals surface area contributed by atoms with Crippen LogP contribution in [0, 0.1) is 0 Å². The predicted octanol–water partition coefficient (Wildman–Crippen LogP) is 2.13. The van der Waals surface area contributed by atoms with E-state index in [0.717, 1.165) is 31.6 Å². The minimum absolute atomic E-state index is 0.116. The van der Waals surface area contributed by atoms with Crippen LogP contribution >= 0.6 is 0 Å². The molecule has 1 aromatic carbocycles. The lowest BCUT2D eigenvalue weighted by Crippen LogP contribution is -2.26. The van der Waals surface area contributed by atoms with Gasteiger partial charge in [-0.05, 0) is 30.0 Å². The van der Waals surface area contributed by atoms with Gasteiger partial charge in [0.2, 0.25) is 0 Å². The summed E-state index contributed by atoms with van der Waals surface area (Å²) >= 11 is 0. The Morgan fingerprint density at radius 3 is 2.86 bits per heavy atom. The molecule has 0 saturated carbocycles. The molecule has 0 saturated heterocycles. The van der Waals surface area contributed by atoms with E-state index in [4.69, 9.17) is 10.9 Å². The monoisotopic (exact) mass is 282 g/mol. The minimum atomic E-state index is 0.116. The van der Waals surface area contributed by atoms with Crippen molar-refractivity contribution in [3.63, 3.8) is 0 Å². The number of anilines is 1. The zero-order valence-corrected chi connectivity index (χ0v) is 11.7. The number of fused-ring (bicyclic) bond motifs is 1. The molecule has 5 nitrogen and oxygen atoms in total. The highest BCUT2D eigenvalue weighted by Gasteiger charge is 2.18. The molecule has 0 fully saturated rings. The molecule has 0 aliphatic carbocycles. The maximum Gasteiger partial charge on any atom is 0.172 e. The summed E-state index contributed by atoms with van der Waals surface area (Å²) in [5.41, 5.74) is 10.1. The fraction of sp³-hybridized carbons (Fsp3) is 0.250.